The molecule has 0 aliphatic heterocycles. The second kappa shape index (κ2) is 11.1. The Bertz CT molecular complexity index is 363. The van der Waals surface area contributed by atoms with Crippen molar-refractivity contribution in [1.82, 2.24) is 5.32 Å². The Morgan fingerprint density at radius 3 is 3.00 bits per heavy atom. The van der Waals surface area contributed by atoms with Gasteiger partial charge in [-0.05, 0) is 24.6 Å². The van der Waals surface area contributed by atoms with E-state index in [0.717, 1.165) is 19.7 Å². The molecule has 20 heavy (non-hydrogen) atoms. The summed E-state index contributed by atoms with van der Waals surface area (Å²) in [4.78, 5) is 1.17. The summed E-state index contributed by atoms with van der Waals surface area (Å²) < 4.78 is 10.2. The van der Waals surface area contributed by atoms with Crippen molar-refractivity contribution >= 4 is 11.8 Å². The highest BCUT2D eigenvalue weighted by atomic mass is 32.2. The summed E-state index contributed by atoms with van der Waals surface area (Å²) in [5.41, 5.74) is 1.24. The molecule has 1 atom stereocenters. The first kappa shape index (κ1) is 17.5. The van der Waals surface area contributed by atoms with Crippen LogP contribution in [0.2, 0.25) is 0 Å². The van der Waals surface area contributed by atoms with Crippen molar-refractivity contribution in [2.24, 2.45) is 0 Å². The summed E-state index contributed by atoms with van der Waals surface area (Å²) in [5.74, 6) is 0.653. The van der Waals surface area contributed by atoms with Gasteiger partial charge in [-0.15, -0.1) is 11.8 Å². The van der Waals surface area contributed by atoms with Crippen LogP contribution in [0.4, 0.5) is 0 Å². The summed E-state index contributed by atoms with van der Waals surface area (Å²) >= 11 is 1.65. The number of benzene rings is 1. The number of nitrogens with one attached hydrogen (secondary N) is 1. The van der Waals surface area contributed by atoms with Crippen molar-refractivity contribution < 1.29 is 14.6 Å². The Balaban J connectivity index is 2.31. The number of methoxy groups -OCH3 is 1. The van der Waals surface area contributed by atoms with Gasteiger partial charge in [-0.25, -0.2) is 0 Å². The van der Waals surface area contributed by atoms with Crippen LogP contribution < -0.4 is 5.32 Å². The molecule has 0 spiro atoms. The minimum atomic E-state index is -0.413. The largest absolute Gasteiger partial charge is 0.390 e. The Morgan fingerprint density at radius 1 is 1.40 bits per heavy atom. The number of ether oxygens (including phenoxy) is 2. The number of hydrogen-bond acceptors (Lipinski definition) is 5. The van der Waals surface area contributed by atoms with Crippen LogP contribution in [-0.2, 0) is 16.0 Å². The van der Waals surface area contributed by atoms with E-state index in [1.165, 1.54) is 10.5 Å². The van der Waals surface area contributed by atoms with Crippen LogP contribution in [0.5, 0.6) is 0 Å². The SMILES string of the molecule is CCOCC(O)CSc1cccc(CNCCOC)c1. The predicted molar refractivity (Wildman–Crippen MR) is 83.2 cm³/mol. The average Bonchev–Trinajstić information content (AvgIpc) is 2.48. The van der Waals surface area contributed by atoms with Crippen molar-refractivity contribution in [3.63, 3.8) is 0 Å². The molecule has 4 nitrogen and oxygen atoms in total. The quantitative estimate of drug-likeness (QED) is 0.483. The van der Waals surface area contributed by atoms with Crippen LogP contribution in [0.25, 0.3) is 0 Å². The van der Waals surface area contributed by atoms with Gasteiger partial charge in [-0.2, -0.15) is 0 Å². The first-order valence-electron chi connectivity index (χ1n) is 6.93. The van der Waals surface area contributed by atoms with E-state index in [-0.39, 0.29) is 0 Å². The van der Waals surface area contributed by atoms with Gasteiger partial charge in [-0.3, -0.25) is 0 Å². The molecule has 0 aliphatic carbocycles. The smallest absolute Gasteiger partial charge is 0.0867 e. The Morgan fingerprint density at radius 2 is 2.25 bits per heavy atom. The number of thioether (sulfide) groups is 1. The van der Waals surface area contributed by atoms with Crippen molar-refractivity contribution in [3.8, 4) is 0 Å². The molecule has 0 amide bonds. The molecule has 0 fully saturated rings. The maximum atomic E-state index is 9.74. The molecule has 0 radical (unpaired) electrons. The number of aliphatic hydroxyl groups is 1. The van der Waals surface area contributed by atoms with E-state index in [9.17, 15) is 5.11 Å². The maximum Gasteiger partial charge on any atom is 0.0867 e. The lowest BCUT2D eigenvalue weighted by Gasteiger charge is -2.11. The summed E-state index contributed by atoms with van der Waals surface area (Å²) in [7, 11) is 1.70. The van der Waals surface area contributed by atoms with Gasteiger partial charge in [0.15, 0.2) is 0 Å². The summed E-state index contributed by atoms with van der Waals surface area (Å²) in [5, 5.41) is 13.1. The van der Waals surface area contributed by atoms with Crippen LogP contribution in [-0.4, -0.2) is 50.4 Å². The molecule has 0 aromatic heterocycles. The van der Waals surface area contributed by atoms with Gasteiger partial charge in [0.2, 0.25) is 0 Å². The van der Waals surface area contributed by atoms with Crippen LogP contribution >= 0.6 is 11.8 Å². The molecule has 1 rings (SSSR count). The molecule has 2 N–H and O–H groups in total. The highest BCUT2D eigenvalue weighted by Crippen LogP contribution is 2.20. The molecule has 0 aliphatic rings. The Hall–Kier alpha value is -0.590. The van der Waals surface area contributed by atoms with Crippen molar-refractivity contribution in [2.75, 3.05) is 39.2 Å². The lowest BCUT2D eigenvalue weighted by molar-refractivity contribution is 0.0551. The topological polar surface area (TPSA) is 50.7 Å². The van der Waals surface area contributed by atoms with Gasteiger partial charge < -0.3 is 19.9 Å². The van der Waals surface area contributed by atoms with Gasteiger partial charge >= 0.3 is 0 Å². The first-order valence-corrected chi connectivity index (χ1v) is 7.92. The van der Waals surface area contributed by atoms with E-state index in [4.69, 9.17) is 9.47 Å². The van der Waals surface area contributed by atoms with E-state index in [1.807, 2.05) is 13.0 Å². The number of hydrogen-bond donors (Lipinski definition) is 2. The minimum Gasteiger partial charge on any atom is -0.390 e. The lowest BCUT2D eigenvalue weighted by atomic mass is 10.2. The standard InChI is InChI=1S/C15H25NO3S/c1-3-19-11-14(17)12-20-15-6-4-5-13(9-15)10-16-7-8-18-2/h4-6,9,14,16-17H,3,7-8,10-12H2,1-2H3. The third-order valence-electron chi connectivity index (χ3n) is 2.67. The second-order valence-corrected chi connectivity index (χ2v) is 5.53. The summed E-state index contributed by atoms with van der Waals surface area (Å²) in [6, 6.07) is 8.36. The molecular formula is C15H25NO3S. The lowest BCUT2D eigenvalue weighted by Crippen LogP contribution is -2.18. The number of rotatable bonds is 11. The van der Waals surface area contributed by atoms with Crippen LogP contribution in [0, 0.1) is 0 Å². The molecule has 0 saturated carbocycles. The fraction of sp³-hybridized carbons (Fsp3) is 0.600. The summed E-state index contributed by atoms with van der Waals surface area (Å²) in [6.07, 6.45) is -0.413. The zero-order chi connectivity index (χ0) is 14.6. The van der Waals surface area contributed by atoms with E-state index in [0.29, 0.717) is 19.0 Å². The molecule has 114 valence electrons. The third kappa shape index (κ3) is 7.87. The minimum absolute atomic E-state index is 0.405. The van der Waals surface area contributed by atoms with Crippen molar-refractivity contribution in [3.05, 3.63) is 29.8 Å². The van der Waals surface area contributed by atoms with Crippen LogP contribution in [0.15, 0.2) is 29.2 Å². The second-order valence-electron chi connectivity index (χ2n) is 4.44. The van der Waals surface area contributed by atoms with Gasteiger partial charge in [0.25, 0.3) is 0 Å². The molecule has 5 heteroatoms. The van der Waals surface area contributed by atoms with Gasteiger partial charge in [-0.1, -0.05) is 12.1 Å². The monoisotopic (exact) mass is 299 g/mol. The highest BCUT2D eigenvalue weighted by molar-refractivity contribution is 7.99. The van der Waals surface area contributed by atoms with E-state index in [1.54, 1.807) is 18.9 Å². The molecule has 1 aromatic rings. The molecule has 1 unspecified atom stereocenters. The Kier molecular flexibility index (Phi) is 9.70. The molecule has 0 bridgehead atoms. The normalized spacial score (nSPS) is 12.6. The van der Waals surface area contributed by atoms with Crippen molar-refractivity contribution in [2.45, 2.75) is 24.5 Å². The zero-order valence-electron chi connectivity index (χ0n) is 12.3. The fourth-order valence-corrected chi connectivity index (χ4v) is 2.54. The van der Waals surface area contributed by atoms with E-state index < -0.39 is 6.10 Å². The van der Waals surface area contributed by atoms with E-state index in [2.05, 4.69) is 23.5 Å². The van der Waals surface area contributed by atoms with E-state index >= 15 is 0 Å². The zero-order valence-corrected chi connectivity index (χ0v) is 13.1. The maximum absolute atomic E-state index is 9.74. The van der Waals surface area contributed by atoms with Gasteiger partial charge in [0.05, 0.1) is 19.3 Å². The predicted octanol–water partition coefficient (Wildman–Crippen LogP) is 1.91. The first-order chi connectivity index (χ1) is 9.76. The average molecular weight is 299 g/mol. The van der Waals surface area contributed by atoms with Gasteiger partial charge in [0.1, 0.15) is 0 Å². The molecule has 0 saturated heterocycles. The molecular weight excluding hydrogens is 274 g/mol. The van der Waals surface area contributed by atoms with Crippen LogP contribution in [0.3, 0.4) is 0 Å². The summed E-state index contributed by atoms with van der Waals surface area (Å²) in [6.45, 7) is 5.38. The Labute approximate surface area is 125 Å². The molecule has 1 aromatic carbocycles. The highest BCUT2D eigenvalue weighted by Gasteiger charge is 2.05. The third-order valence-corrected chi connectivity index (χ3v) is 3.81. The number of aliphatic hydroxyl groups excluding tert-OH is 1. The van der Waals surface area contributed by atoms with Crippen LogP contribution in [0.1, 0.15) is 12.5 Å². The molecule has 0 heterocycles. The fourth-order valence-electron chi connectivity index (χ4n) is 1.65. The van der Waals surface area contributed by atoms with Crippen molar-refractivity contribution in [1.29, 1.82) is 0 Å². The van der Waals surface area contributed by atoms with Gasteiger partial charge in [0, 0.05) is 37.5 Å².